The smallest absolute Gasteiger partial charge is 0.165 e. The van der Waals surface area contributed by atoms with Gasteiger partial charge in [-0.1, -0.05) is 15.9 Å². The SMILES string of the molecule is COc1c(C)c(Br)c(C)c(C2(C(C)N)CC2)c1OC. The molecule has 1 aliphatic carbocycles. The molecule has 19 heavy (non-hydrogen) atoms. The quantitative estimate of drug-likeness (QED) is 0.920. The van der Waals surface area contributed by atoms with Gasteiger partial charge in [0.25, 0.3) is 0 Å². The first-order chi connectivity index (χ1) is 8.90. The molecule has 0 spiro atoms. The van der Waals surface area contributed by atoms with Crippen LogP contribution in [-0.2, 0) is 5.41 Å². The Hall–Kier alpha value is -0.740. The third kappa shape index (κ3) is 2.05. The zero-order chi connectivity index (χ0) is 14.4. The van der Waals surface area contributed by atoms with E-state index in [1.807, 2.05) is 6.92 Å². The van der Waals surface area contributed by atoms with Crippen molar-refractivity contribution in [2.75, 3.05) is 14.2 Å². The number of benzene rings is 1. The highest BCUT2D eigenvalue weighted by Gasteiger charge is 2.51. The summed E-state index contributed by atoms with van der Waals surface area (Å²) in [5, 5.41) is 0. The molecule has 0 saturated heterocycles. The summed E-state index contributed by atoms with van der Waals surface area (Å²) in [6.07, 6.45) is 2.22. The fourth-order valence-corrected chi connectivity index (χ4v) is 3.43. The van der Waals surface area contributed by atoms with Crippen LogP contribution in [0.5, 0.6) is 11.5 Å². The van der Waals surface area contributed by atoms with E-state index in [2.05, 4.69) is 29.8 Å². The number of hydrogen-bond acceptors (Lipinski definition) is 3. The second-order valence-corrected chi connectivity index (χ2v) is 6.24. The van der Waals surface area contributed by atoms with Crippen molar-refractivity contribution in [2.24, 2.45) is 5.73 Å². The molecule has 0 amide bonds. The molecule has 1 saturated carbocycles. The maximum Gasteiger partial charge on any atom is 0.165 e. The fraction of sp³-hybridized carbons (Fsp3) is 0.600. The number of hydrogen-bond donors (Lipinski definition) is 1. The predicted molar refractivity (Wildman–Crippen MR) is 81.3 cm³/mol. The van der Waals surface area contributed by atoms with E-state index in [-0.39, 0.29) is 11.5 Å². The van der Waals surface area contributed by atoms with Gasteiger partial charge in [-0.05, 0) is 39.2 Å². The van der Waals surface area contributed by atoms with Gasteiger partial charge in [-0.25, -0.2) is 0 Å². The molecule has 106 valence electrons. The van der Waals surface area contributed by atoms with Gasteiger partial charge in [0, 0.05) is 27.1 Å². The van der Waals surface area contributed by atoms with Gasteiger partial charge in [0.05, 0.1) is 14.2 Å². The molecule has 3 nitrogen and oxygen atoms in total. The van der Waals surface area contributed by atoms with E-state index >= 15 is 0 Å². The van der Waals surface area contributed by atoms with Crippen molar-refractivity contribution in [3.63, 3.8) is 0 Å². The van der Waals surface area contributed by atoms with Crippen molar-refractivity contribution in [1.29, 1.82) is 0 Å². The normalized spacial score (nSPS) is 18.1. The summed E-state index contributed by atoms with van der Waals surface area (Å²) in [6, 6.07) is 0.111. The van der Waals surface area contributed by atoms with E-state index < -0.39 is 0 Å². The lowest BCUT2D eigenvalue weighted by molar-refractivity contribution is 0.343. The summed E-state index contributed by atoms with van der Waals surface area (Å²) >= 11 is 3.68. The van der Waals surface area contributed by atoms with Crippen molar-refractivity contribution in [3.05, 3.63) is 21.2 Å². The third-order valence-corrected chi connectivity index (χ3v) is 5.56. The Morgan fingerprint density at radius 3 is 2.00 bits per heavy atom. The minimum Gasteiger partial charge on any atom is -0.493 e. The van der Waals surface area contributed by atoms with Gasteiger partial charge in [-0.3, -0.25) is 0 Å². The molecule has 0 radical (unpaired) electrons. The van der Waals surface area contributed by atoms with Gasteiger partial charge in [0.1, 0.15) is 0 Å². The van der Waals surface area contributed by atoms with Crippen molar-refractivity contribution in [3.8, 4) is 11.5 Å². The zero-order valence-corrected chi connectivity index (χ0v) is 13.8. The van der Waals surface area contributed by atoms with Gasteiger partial charge < -0.3 is 15.2 Å². The Labute approximate surface area is 123 Å². The lowest BCUT2D eigenvalue weighted by Gasteiger charge is -2.27. The second-order valence-electron chi connectivity index (χ2n) is 5.45. The largest absolute Gasteiger partial charge is 0.493 e. The van der Waals surface area contributed by atoms with Gasteiger partial charge in [0.2, 0.25) is 0 Å². The average molecular weight is 328 g/mol. The molecule has 4 heteroatoms. The molecule has 1 aromatic carbocycles. The lowest BCUT2D eigenvalue weighted by atomic mass is 9.84. The number of halogens is 1. The molecule has 0 aliphatic heterocycles. The Balaban J connectivity index is 2.76. The molecule has 1 aliphatic rings. The summed E-state index contributed by atoms with van der Waals surface area (Å²) in [6.45, 7) is 6.23. The molecule has 0 bridgehead atoms. The first kappa shape index (κ1) is 14.7. The van der Waals surface area contributed by atoms with Crippen molar-refractivity contribution >= 4 is 15.9 Å². The topological polar surface area (TPSA) is 44.5 Å². The first-order valence-corrected chi connectivity index (χ1v) is 7.36. The highest BCUT2D eigenvalue weighted by atomic mass is 79.9. The molecule has 1 aromatic rings. The third-order valence-electron chi connectivity index (χ3n) is 4.37. The Bertz CT molecular complexity index is 508. The highest BCUT2D eigenvalue weighted by Crippen LogP contribution is 2.58. The van der Waals surface area contributed by atoms with Crippen LogP contribution in [0.25, 0.3) is 0 Å². The summed E-state index contributed by atoms with van der Waals surface area (Å²) in [5.74, 6) is 1.65. The van der Waals surface area contributed by atoms with E-state index in [1.54, 1.807) is 14.2 Å². The summed E-state index contributed by atoms with van der Waals surface area (Å²) in [4.78, 5) is 0. The fourth-order valence-electron chi connectivity index (χ4n) is 3.05. The maximum absolute atomic E-state index is 6.23. The Morgan fingerprint density at radius 2 is 1.63 bits per heavy atom. The van der Waals surface area contributed by atoms with Crippen molar-refractivity contribution in [1.82, 2.24) is 0 Å². The van der Waals surface area contributed by atoms with Crippen molar-refractivity contribution < 1.29 is 9.47 Å². The summed E-state index contributed by atoms with van der Waals surface area (Å²) < 4.78 is 12.3. The molecule has 0 heterocycles. The van der Waals surface area contributed by atoms with Crippen LogP contribution in [-0.4, -0.2) is 20.3 Å². The van der Waals surface area contributed by atoms with E-state index in [1.165, 1.54) is 11.1 Å². The predicted octanol–water partition coefficient (Wildman–Crippen LogP) is 3.46. The molecular formula is C15H22BrNO2. The highest BCUT2D eigenvalue weighted by molar-refractivity contribution is 9.10. The number of nitrogens with two attached hydrogens (primary N) is 1. The molecular weight excluding hydrogens is 306 g/mol. The van der Waals surface area contributed by atoms with Crippen LogP contribution in [0.15, 0.2) is 4.47 Å². The van der Waals surface area contributed by atoms with Gasteiger partial charge >= 0.3 is 0 Å². The molecule has 0 aromatic heterocycles. The number of methoxy groups -OCH3 is 2. The molecule has 2 N–H and O–H groups in total. The Kier molecular flexibility index (Phi) is 3.85. The van der Waals surface area contributed by atoms with Crippen LogP contribution in [0.2, 0.25) is 0 Å². The van der Waals surface area contributed by atoms with Gasteiger partial charge in [0.15, 0.2) is 11.5 Å². The van der Waals surface area contributed by atoms with Crippen LogP contribution >= 0.6 is 15.9 Å². The van der Waals surface area contributed by atoms with Crippen LogP contribution in [0, 0.1) is 13.8 Å². The van der Waals surface area contributed by atoms with Crippen LogP contribution in [0.1, 0.15) is 36.5 Å². The van der Waals surface area contributed by atoms with Crippen LogP contribution < -0.4 is 15.2 Å². The number of ether oxygens (including phenoxy) is 2. The molecule has 2 rings (SSSR count). The van der Waals surface area contributed by atoms with Gasteiger partial charge in [-0.15, -0.1) is 0 Å². The monoisotopic (exact) mass is 327 g/mol. The maximum atomic E-state index is 6.23. The summed E-state index contributed by atoms with van der Waals surface area (Å²) in [5.41, 5.74) is 9.76. The second kappa shape index (κ2) is 4.98. The van der Waals surface area contributed by atoms with Crippen LogP contribution in [0.3, 0.4) is 0 Å². The first-order valence-electron chi connectivity index (χ1n) is 6.57. The average Bonchev–Trinajstić information content (AvgIpc) is 3.16. The van der Waals surface area contributed by atoms with E-state index in [9.17, 15) is 0 Å². The zero-order valence-electron chi connectivity index (χ0n) is 12.3. The lowest BCUT2D eigenvalue weighted by Crippen LogP contribution is -2.32. The minimum atomic E-state index is 0.0406. The Morgan fingerprint density at radius 1 is 1.11 bits per heavy atom. The van der Waals surface area contributed by atoms with Crippen LogP contribution in [0.4, 0.5) is 0 Å². The van der Waals surface area contributed by atoms with E-state index in [0.29, 0.717) is 0 Å². The van der Waals surface area contributed by atoms with Crippen molar-refractivity contribution in [2.45, 2.75) is 45.1 Å². The van der Waals surface area contributed by atoms with E-state index in [4.69, 9.17) is 15.2 Å². The standard InChI is InChI=1S/C15H22BrNO2/c1-8-11(15(6-7-15)10(3)17)14(19-5)13(18-4)9(2)12(8)16/h10H,6-7,17H2,1-5H3. The van der Waals surface area contributed by atoms with Gasteiger partial charge in [-0.2, -0.15) is 0 Å². The molecule has 1 atom stereocenters. The molecule has 1 fully saturated rings. The molecule has 1 unspecified atom stereocenters. The number of rotatable bonds is 4. The minimum absolute atomic E-state index is 0.0406. The summed E-state index contributed by atoms with van der Waals surface area (Å²) in [7, 11) is 3.38. The van der Waals surface area contributed by atoms with E-state index in [0.717, 1.165) is 34.4 Å².